The SMILES string of the molecule is c1ccc(-c2cccc(-c3ccc4c(c3)oc3cccc(-n5c6ccccc6c6cc(-n7c8ccccc8c8ccccc87)ccc65)c34)c2)cc1. The van der Waals surface area contributed by atoms with Crippen LogP contribution in [0.15, 0.2) is 186 Å². The molecule has 11 aromatic rings. The molecule has 0 atom stereocenters. The first-order valence-electron chi connectivity index (χ1n) is 17.4. The fourth-order valence-electron chi connectivity index (χ4n) is 8.24. The topological polar surface area (TPSA) is 23.0 Å². The molecule has 0 aliphatic carbocycles. The molecule has 11 rings (SSSR count). The van der Waals surface area contributed by atoms with Crippen molar-refractivity contribution in [1.29, 1.82) is 0 Å². The Morgan fingerprint density at radius 1 is 0.314 bits per heavy atom. The third kappa shape index (κ3) is 4.19. The third-order valence-corrected chi connectivity index (χ3v) is 10.5. The molecule has 0 saturated heterocycles. The van der Waals surface area contributed by atoms with E-state index in [-0.39, 0.29) is 0 Å². The van der Waals surface area contributed by atoms with Gasteiger partial charge in [-0.15, -0.1) is 0 Å². The van der Waals surface area contributed by atoms with Crippen molar-refractivity contribution in [2.24, 2.45) is 0 Å². The van der Waals surface area contributed by atoms with E-state index in [1.807, 2.05) is 0 Å². The molecule has 0 spiro atoms. The lowest BCUT2D eigenvalue weighted by molar-refractivity contribution is 0.669. The summed E-state index contributed by atoms with van der Waals surface area (Å²) in [6.07, 6.45) is 0. The minimum absolute atomic E-state index is 0.880. The van der Waals surface area contributed by atoms with Crippen molar-refractivity contribution in [3.63, 3.8) is 0 Å². The summed E-state index contributed by atoms with van der Waals surface area (Å²) < 4.78 is 11.4. The maximum Gasteiger partial charge on any atom is 0.137 e. The fraction of sp³-hybridized carbons (Fsp3) is 0. The molecule has 8 aromatic carbocycles. The third-order valence-electron chi connectivity index (χ3n) is 10.5. The molecule has 0 amide bonds. The first-order chi connectivity index (χ1) is 25.3. The van der Waals surface area contributed by atoms with Gasteiger partial charge in [0.05, 0.1) is 33.1 Å². The van der Waals surface area contributed by atoms with E-state index in [2.05, 4.69) is 191 Å². The van der Waals surface area contributed by atoms with E-state index in [0.29, 0.717) is 0 Å². The van der Waals surface area contributed by atoms with E-state index >= 15 is 0 Å². The highest BCUT2D eigenvalue weighted by atomic mass is 16.3. The molecule has 0 aliphatic heterocycles. The summed E-state index contributed by atoms with van der Waals surface area (Å²) >= 11 is 0. The zero-order valence-corrected chi connectivity index (χ0v) is 27.6. The van der Waals surface area contributed by atoms with E-state index in [1.54, 1.807) is 0 Å². The highest BCUT2D eigenvalue weighted by Crippen LogP contribution is 2.41. The largest absolute Gasteiger partial charge is 0.456 e. The van der Waals surface area contributed by atoms with Crippen molar-refractivity contribution in [3.05, 3.63) is 182 Å². The molecule has 0 N–H and O–H groups in total. The number of furan rings is 1. The van der Waals surface area contributed by atoms with E-state index in [1.165, 1.54) is 54.8 Å². The van der Waals surface area contributed by atoms with Crippen molar-refractivity contribution < 1.29 is 4.42 Å². The summed E-state index contributed by atoms with van der Waals surface area (Å²) in [5.74, 6) is 0. The van der Waals surface area contributed by atoms with Gasteiger partial charge in [-0.25, -0.2) is 0 Å². The standard InChI is InChI=1S/C48H30N2O/c1-2-12-31(13-3-1)32-14-10-15-33(28-32)34-24-26-39-47(29-34)51-46-23-11-22-45(48(39)46)50-43-21-9-6-18-38(43)40-30-35(25-27-44(40)50)49-41-19-7-4-16-36(41)37-17-5-8-20-42(37)49/h1-30H. The molecule has 3 heteroatoms. The van der Waals surface area contributed by atoms with Gasteiger partial charge in [-0.1, -0.05) is 115 Å². The van der Waals surface area contributed by atoms with Crippen LogP contribution in [0, 0.1) is 0 Å². The van der Waals surface area contributed by atoms with Gasteiger partial charge in [0, 0.05) is 32.6 Å². The van der Waals surface area contributed by atoms with Crippen LogP contribution >= 0.6 is 0 Å². The smallest absolute Gasteiger partial charge is 0.137 e. The van der Waals surface area contributed by atoms with Gasteiger partial charge in [-0.3, -0.25) is 0 Å². The monoisotopic (exact) mass is 650 g/mol. The van der Waals surface area contributed by atoms with Crippen LogP contribution in [0.4, 0.5) is 0 Å². The van der Waals surface area contributed by atoms with Crippen LogP contribution in [0.1, 0.15) is 0 Å². The van der Waals surface area contributed by atoms with Gasteiger partial charge in [0.15, 0.2) is 0 Å². The molecule has 0 aliphatic rings. The number of hydrogen-bond donors (Lipinski definition) is 0. The number of nitrogens with zero attached hydrogens (tertiary/aromatic N) is 2. The van der Waals surface area contributed by atoms with Crippen LogP contribution < -0.4 is 0 Å². The molecular formula is C48H30N2O. The van der Waals surface area contributed by atoms with Crippen LogP contribution in [-0.2, 0) is 0 Å². The quantitative estimate of drug-likeness (QED) is 0.186. The first-order valence-corrected chi connectivity index (χ1v) is 17.4. The van der Waals surface area contributed by atoms with Crippen LogP contribution in [0.2, 0.25) is 0 Å². The second-order valence-electron chi connectivity index (χ2n) is 13.3. The molecule has 3 heterocycles. The molecule has 3 aromatic heterocycles. The van der Waals surface area contributed by atoms with Crippen molar-refractivity contribution in [2.45, 2.75) is 0 Å². The molecule has 0 unspecified atom stereocenters. The molecule has 3 nitrogen and oxygen atoms in total. The van der Waals surface area contributed by atoms with Gasteiger partial charge in [0.1, 0.15) is 11.2 Å². The zero-order chi connectivity index (χ0) is 33.5. The Morgan fingerprint density at radius 2 is 0.882 bits per heavy atom. The number of fused-ring (bicyclic) bond motifs is 9. The van der Waals surface area contributed by atoms with Gasteiger partial charge in [0.2, 0.25) is 0 Å². The Labute approximate surface area is 293 Å². The van der Waals surface area contributed by atoms with Gasteiger partial charge < -0.3 is 13.6 Å². The maximum absolute atomic E-state index is 6.63. The van der Waals surface area contributed by atoms with Crippen LogP contribution in [0.3, 0.4) is 0 Å². The predicted octanol–water partition coefficient (Wildman–Crippen LogP) is 13.1. The van der Waals surface area contributed by atoms with Crippen molar-refractivity contribution in [1.82, 2.24) is 9.13 Å². The minimum atomic E-state index is 0.880. The van der Waals surface area contributed by atoms with Gasteiger partial charge >= 0.3 is 0 Å². The van der Waals surface area contributed by atoms with E-state index < -0.39 is 0 Å². The predicted molar refractivity (Wildman–Crippen MR) is 213 cm³/mol. The highest BCUT2D eigenvalue weighted by molar-refractivity contribution is 6.15. The second kappa shape index (κ2) is 10.8. The number of rotatable bonds is 4. The summed E-state index contributed by atoms with van der Waals surface area (Å²) in [7, 11) is 0. The Bertz CT molecular complexity index is 3090. The molecule has 51 heavy (non-hydrogen) atoms. The summed E-state index contributed by atoms with van der Waals surface area (Å²) in [5.41, 5.74) is 13.5. The van der Waals surface area contributed by atoms with Crippen molar-refractivity contribution in [3.8, 4) is 33.6 Å². The lowest BCUT2D eigenvalue weighted by Gasteiger charge is -2.11. The molecule has 0 saturated carbocycles. The van der Waals surface area contributed by atoms with E-state index in [0.717, 1.165) is 44.4 Å². The van der Waals surface area contributed by atoms with E-state index in [4.69, 9.17) is 4.42 Å². The van der Waals surface area contributed by atoms with Gasteiger partial charge in [-0.05, 0) is 89.0 Å². The van der Waals surface area contributed by atoms with Crippen LogP contribution in [0.25, 0.3) is 99.2 Å². The summed E-state index contributed by atoms with van der Waals surface area (Å²) in [4.78, 5) is 0. The fourth-order valence-corrected chi connectivity index (χ4v) is 8.24. The second-order valence-corrected chi connectivity index (χ2v) is 13.3. The first kappa shape index (κ1) is 28.0. The number of para-hydroxylation sites is 3. The molecular weight excluding hydrogens is 621 g/mol. The van der Waals surface area contributed by atoms with Crippen LogP contribution in [-0.4, -0.2) is 9.13 Å². The Balaban J connectivity index is 1.10. The Hall–Kier alpha value is -6.84. The Morgan fingerprint density at radius 3 is 1.63 bits per heavy atom. The molecule has 0 radical (unpaired) electrons. The lowest BCUT2D eigenvalue weighted by atomic mass is 9.98. The number of hydrogen-bond acceptors (Lipinski definition) is 1. The minimum Gasteiger partial charge on any atom is -0.456 e. The summed E-state index contributed by atoms with van der Waals surface area (Å²) in [6, 6.07) is 65.4. The normalized spacial score (nSPS) is 11.9. The average molecular weight is 651 g/mol. The van der Waals surface area contributed by atoms with Gasteiger partial charge in [0.25, 0.3) is 0 Å². The lowest BCUT2D eigenvalue weighted by Crippen LogP contribution is -1.96. The zero-order valence-electron chi connectivity index (χ0n) is 27.6. The Kier molecular flexibility index (Phi) is 5.96. The average Bonchev–Trinajstić information content (AvgIpc) is 3.85. The van der Waals surface area contributed by atoms with Gasteiger partial charge in [-0.2, -0.15) is 0 Å². The highest BCUT2D eigenvalue weighted by Gasteiger charge is 2.19. The summed E-state index contributed by atoms with van der Waals surface area (Å²) in [5, 5.41) is 7.20. The van der Waals surface area contributed by atoms with Crippen molar-refractivity contribution in [2.75, 3.05) is 0 Å². The summed E-state index contributed by atoms with van der Waals surface area (Å²) in [6.45, 7) is 0. The number of benzene rings is 8. The molecule has 0 bridgehead atoms. The maximum atomic E-state index is 6.63. The van der Waals surface area contributed by atoms with Crippen molar-refractivity contribution >= 4 is 65.6 Å². The molecule has 0 fully saturated rings. The number of aromatic nitrogens is 2. The molecule has 238 valence electrons. The van der Waals surface area contributed by atoms with Crippen LogP contribution in [0.5, 0.6) is 0 Å². The van der Waals surface area contributed by atoms with E-state index in [9.17, 15) is 0 Å².